The molecule has 0 radical (unpaired) electrons. The largest absolute Gasteiger partial charge is 0.395 e. The number of urea groups is 1. The zero-order valence-electron chi connectivity index (χ0n) is 33.3. The zero-order valence-corrected chi connectivity index (χ0v) is 33.3. The van der Waals surface area contributed by atoms with Gasteiger partial charge in [0.2, 0.25) is 0 Å². The monoisotopic (exact) mass is 799 g/mol. The molecule has 2 unspecified atom stereocenters. The van der Waals surface area contributed by atoms with Crippen molar-refractivity contribution in [1.29, 1.82) is 0 Å². The molecule has 0 aromatic heterocycles. The van der Waals surface area contributed by atoms with E-state index in [1.165, 1.54) is 28.5 Å². The number of nitrogens with one attached hydrogen (secondary N) is 2. The number of unbranched alkanes of at least 4 members (excludes halogenated alkanes) is 4. The number of carbonyl (C=O) groups excluding carboxylic acids is 2. The minimum absolute atomic E-state index is 0. The molecule has 0 aliphatic heterocycles. The second kappa shape index (κ2) is 34.4. The number of aliphatic hydroxyl groups is 2. The van der Waals surface area contributed by atoms with E-state index in [2.05, 4.69) is 78.0 Å². The molecule has 0 spiro atoms. The molecule has 0 saturated heterocycles. The number of carbonyl (C=O) groups is 2. The fourth-order valence-electron chi connectivity index (χ4n) is 6.15. The van der Waals surface area contributed by atoms with E-state index in [9.17, 15) is 19.8 Å². The maximum Gasteiger partial charge on any atom is 0.314 e. The Morgan fingerprint density at radius 3 is 1.45 bits per heavy atom. The van der Waals surface area contributed by atoms with E-state index in [-0.39, 0.29) is 52.4 Å². The molecule has 0 aliphatic carbocycles. The summed E-state index contributed by atoms with van der Waals surface area (Å²) in [5.41, 5.74) is 10.1. The Morgan fingerprint density at radius 2 is 1.02 bits per heavy atom. The number of aldehydes is 1. The highest BCUT2D eigenvalue weighted by Gasteiger charge is 2.25. The molecule has 8 nitrogen and oxygen atoms in total. The van der Waals surface area contributed by atoms with Crippen molar-refractivity contribution in [2.75, 3.05) is 39.4 Å². The van der Waals surface area contributed by atoms with Crippen LogP contribution in [0.15, 0.2) is 126 Å². The van der Waals surface area contributed by atoms with Gasteiger partial charge in [-0.05, 0) is 67.3 Å². The van der Waals surface area contributed by atoms with Crippen LogP contribution in [0, 0.1) is 0 Å². The lowest BCUT2D eigenvalue weighted by Crippen LogP contribution is -2.37. The molecule has 4 aromatic rings. The highest BCUT2D eigenvalue weighted by atomic mass is 16.3. The number of benzene rings is 4. The molecule has 0 saturated carbocycles. The number of hydrogen-bond acceptors (Lipinski definition) is 6. The average molecular weight is 799 g/mol. The molecule has 4 rings (SSSR count). The third kappa shape index (κ3) is 23.6. The van der Waals surface area contributed by atoms with Crippen molar-refractivity contribution < 1.29 is 19.8 Å². The number of nitrogens with zero attached hydrogens (tertiary/aromatic N) is 1. The third-order valence-corrected chi connectivity index (χ3v) is 9.84. The molecular weight excluding hydrogens is 721 g/mol. The smallest absolute Gasteiger partial charge is 0.314 e. The van der Waals surface area contributed by atoms with Gasteiger partial charge in [0.05, 0.1) is 19.4 Å². The first-order valence-corrected chi connectivity index (χ1v) is 19.9. The van der Waals surface area contributed by atoms with Gasteiger partial charge in [-0.2, -0.15) is 0 Å². The first-order valence-electron chi connectivity index (χ1n) is 19.9. The van der Waals surface area contributed by atoms with Gasteiger partial charge >= 0.3 is 6.03 Å². The summed E-state index contributed by atoms with van der Waals surface area (Å²) in [6.45, 7) is 7.37. The Kier molecular flexibility index (Phi) is 32.9. The number of amides is 2. The van der Waals surface area contributed by atoms with Crippen LogP contribution in [-0.4, -0.2) is 68.1 Å². The van der Waals surface area contributed by atoms with Gasteiger partial charge in [-0.15, -0.1) is 0 Å². The molecule has 2 atom stereocenters. The van der Waals surface area contributed by atoms with Gasteiger partial charge in [0.1, 0.15) is 0 Å². The van der Waals surface area contributed by atoms with E-state index in [0.29, 0.717) is 25.9 Å². The SMILES string of the molecule is C.C.C.CC(CO)(CCCCCN)c1ccccc1.CC(CO)(CCCCCNC(=O)NCCc1ccccc1)c1ccccc1.O=CC=NCCc1ccccc1. The van der Waals surface area contributed by atoms with Crippen LogP contribution in [0.5, 0.6) is 0 Å². The van der Waals surface area contributed by atoms with E-state index in [1.54, 1.807) is 0 Å². The number of rotatable bonds is 22. The van der Waals surface area contributed by atoms with Crippen LogP contribution in [0.1, 0.15) is 110 Å². The first kappa shape index (κ1) is 55.5. The minimum atomic E-state index is -0.191. The number of hydrogen-bond donors (Lipinski definition) is 5. The van der Waals surface area contributed by atoms with Gasteiger partial charge in [-0.3, -0.25) is 9.79 Å². The molecule has 0 heterocycles. The summed E-state index contributed by atoms with van der Waals surface area (Å²) in [5.74, 6) is 0. The molecule has 0 aliphatic rings. The molecule has 2 amide bonds. The van der Waals surface area contributed by atoms with Crippen LogP contribution in [0.25, 0.3) is 0 Å². The van der Waals surface area contributed by atoms with Crippen LogP contribution in [0.2, 0.25) is 0 Å². The quantitative estimate of drug-likeness (QED) is 0.0306. The summed E-state index contributed by atoms with van der Waals surface area (Å²) in [6.07, 6.45) is 12.1. The zero-order chi connectivity index (χ0) is 39.9. The summed E-state index contributed by atoms with van der Waals surface area (Å²) in [6, 6.07) is 40.6. The van der Waals surface area contributed by atoms with Crippen LogP contribution in [0.3, 0.4) is 0 Å². The van der Waals surface area contributed by atoms with Crippen molar-refractivity contribution in [1.82, 2.24) is 10.6 Å². The summed E-state index contributed by atoms with van der Waals surface area (Å²) in [7, 11) is 0. The van der Waals surface area contributed by atoms with Gasteiger partial charge in [-0.1, -0.05) is 183 Å². The Morgan fingerprint density at radius 1 is 0.603 bits per heavy atom. The third-order valence-electron chi connectivity index (χ3n) is 9.84. The number of aliphatic imine (C=N–C) groups is 1. The number of aliphatic hydroxyl groups excluding tert-OH is 2. The molecule has 6 N–H and O–H groups in total. The molecule has 4 aromatic carbocycles. The van der Waals surface area contributed by atoms with Gasteiger partial charge in [-0.25, -0.2) is 4.79 Å². The predicted octanol–water partition coefficient (Wildman–Crippen LogP) is 9.90. The van der Waals surface area contributed by atoms with E-state index in [4.69, 9.17) is 5.73 Å². The summed E-state index contributed by atoms with van der Waals surface area (Å²) in [5, 5.41) is 25.2. The van der Waals surface area contributed by atoms with Crippen molar-refractivity contribution in [3.63, 3.8) is 0 Å². The molecular formula is C50H78N4O4. The van der Waals surface area contributed by atoms with Crippen molar-refractivity contribution in [3.8, 4) is 0 Å². The minimum Gasteiger partial charge on any atom is -0.395 e. The Hall–Kier alpha value is -4.63. The van der Waals surface area contributed by atoms with Crippen molar-refractivity contribution >= 4 is 18.5 Å². The standard InChI is InChI=1S/C23H32N2O2.C14H23NO.C10H11NO.3CH4/c1-23(19-26,21-13-7-3-8-14-21)16-9-4-10-17-24-22(27)25-18-15-20-11-5-2-6-12-20;1-14(12-16,10-6-3-7-11-15)13-8-4-2-5-9-13;12-9-8-11-7-6-10-4-2-1-3-5-10;;;/h2-3,5-8,11-14,26H,4,9-10,15-19H2,1H3,(H2,24,25,27);2,4-5,8-9,16H,3,6-7,10-12,15H2,1H3;1-5,8-9H,6-7H2;3*1H4. The molecule has 0 bridgehead atoms. The van der Waals surface area contributed by atoms with E-state index in [0.717, 1.165) is 70.8 Å². The predicted molar refractivity (Wildman–Crippen MR) is 249 cm³/mol. The Balaban J connectivity index is 0. The second-order valence-electron chi connectivity index (χ2n) is 14.4. The first-order chi connectivity index (χ1) is 26.8. The lowest BCUT2D eigenvalue weighted by Gasteiger charge is -2.28. The summed E-state index contributed by atoms with van der Waals surface area (Å²) in [4.78, 5) is 25.6. The Labute approximate surface area is 352 Å². The van der Waals surface area contributed by atoms with Crippen molar-refractivity contribution in [2.24, 2.45) is 10.7 Å². The van der Waals surface area contributed by atoms with Crippen LogP contribution >= 0.6 is 0 Å². The normalized spacial score (nSPS) is 12.2. The van der Waals surface area contributed by atoms with Gasteiger partial charge < -0.3 is 26.6 Å². The maximum absolute atomic E-state index is 11.8. The van der Waals surface area contributed by atoms with Crippen LogP contribution in [-0.2, 0) is 28.5 Å². The second-order valence-corrected chi connectivity index (χ2v) is 14.4. The highest BCUT2D eigenvalue weighted by molar-refractivity contribution is 6.12. The van der Waals surface area contributed by atoms with E-state index < -0.39 is 0 Å². The average Bonchev–Trinajstić information content (AvgIpc) is 3.24. The van der Waals surface area contributed by atoms with Crippen molar-refractivity contribution in [2.45, 2.75) is 111 Å². The molecule has 0 fully saturated rings. The maximum atomic E-state index is 11.8. The van der Waals surface area contributed by atoms with Crippen molar-refractivity contribution in [3.05, 3.63) is 144 Å². The van der Waals surface area contributed by atoms with E-state index in [1.807, 2.05) is 72.8 Å². The van der Waals surface area contributed by atoms with Crippen LogP contribution in [0.4, 0.5) is 4.79 Å². The van der Waals surface area contributed by atoms with Gasteiger partial charge in [0.25, 0.3) is 0 Å². The van der Waals surface area contributed by atoms with E-state index >= 15 is 0 Å². The molecule has 8 heteroatoms. The van der Waals surface area contributed by atoms with Crippen LogP contribution < -0.4 is 16.4 Å². The topological polar surface area (TPSA) is 137 Å². The molecule has 322 valence electrons. The lowest BCUT2D eigenvalue weighted by molar-refractivity contribution is -0.102. The summed E-state index contributed by atoms with van der Waals surface area (Å²) >= 11 is 0. The summed E-state index contributed by atoms with van der Waals surface area (Å²) < 4.78 is 0. The lowest BCUT2D eigenvalue weighted by atomic mass is 9.79. The number of nitrogens with two attached hydrogens (primary N) is 1. The fraction of sp³-hybridized carbons (Fsp3) is 0.460. The highest BCUT2D eigenvalue weighted by Crippen LogP contribution is 2.30. The van der Waals surface area contributed by atoms with Gasteiger partial charge in [0, 0.05) is 30.5 Å². The Bertz CT molecular complexity index is 1560. The fourth-order valence-corrected chi connectivity index (χ4v) is 6.15. The van der Waals surface area contributed by atoms with Gasteiger partial charge in [0.15, 0.2) is 6.29 Å². The molecule has 58 heavy (non-hydrogen) atoms.